The number of unbranched alkanes of at least 4 members (excludes halogenated alkanes) is 2. The Hall–Kier alpha value is 0.700. The van der Waals surface area contributed by atoms with Gasteiger partial charge >= 0.3 is 0 Å². The molecule has 0 saturated heterocycles. The van der Waals surface area contributed by atoms with E-state index in [0.29, 0.717) is 0 Å². The molecule has 0 aromatic carbocycles. The lowest BCUT2D eigenvalue weighted by Crippen LogP contribution is -1.81. The Labute approximate surface area is 79.9 Å². The van der Waals surface area contributed by atoms with Gasteiger partial charge in [-0.15, -0.1) is 0 Å². The van der Waals surface area contributed by atoms with Crippen molar-refractivity contribution in [3.8, 4) is 0 Å². The maximum Gasteiger partial charge on any atom is 0.0392 e. The Morgan fingerprint density at radius 2 is 1.55 bits per heavy atom. The summed E-state index contributed by atoms with van der Waals surface area (Å²) in [5.74, 6) is 2.70. The number of hydrogen-bond acceptors (Lipinski definition) is 2. The van der Waals surface area contributed by atoms with Crippen molar-refractivity contribution in [3.05, 3.63) is 0 Å². The summed E-state index contributed by atoms with van der Waals surface area (Å²) in [6, 6.07) is 0. The fourth-order valence-electron chi connectivity index (χ4n) is 0.775. The molecule has 0 aliphatic rings. The summed E-state index contributed by atoms with van der Waals surface area (Å²) in [6.07, 6.45) is 5.49. The van der Waals surface area contributed by atoms with Gasteiger partial charge in [-0.1, -0.05) is 26.7 Å². The van der Waals surface area contributed by atoms with Crippen LogP contribution in [0.15, 0.2) is 0 Å². The maximum absolute atomic E-state index is 2.26. The lowest BCUT2D eigenvalue weighted by molar-refractivity contribution is 0.779. The average Bonchev–Trinajstić information content (AvgIpc) is 2.03. The second-order valence-corrected chi connectivity index (χ2v) is 5.22. The third-order valence-electron chi connectivity index (χ3n) is 1.41. The first-order chi connectivity index (χ1) is 5.41. The summed E-state index contributed by atoms with van der Waals surface area (Å²) < 4.78 is 0. The van der Waals surface area contributed by atoms with Gasteiger partial charge < -0.3 is 0 Å². The molecule has 0 unspecified atom stereocenters. The Kier molecular flexibility index (Phi) is 11.4. The van der Waals surface area contributed by atoms with E-state index in [1.165, 1.54) is 42.3 Å². The van der Waals surface area contributed by atoms with E-state index < -0.39 is 0 Å². The zero-order valence-corrected chi connectivity index (χ0v) is 9.40. The minimum Gasteiger partial charge on any atom is -0.151 e. The van der Waals surface area contributed by atoms with Crippen LogP contribution in [0.5, 0.6) is 0 Å². The van der Waals surface area contributed by atoms with Crippen LogP contribution < -0.4 is 0 Å². The van der Waals surface area contributed by atoms with Crippen molar-refractivity contribution < 1.29 is 0 Å². The van der Waals surface area contributed by atoms with Crippen LogP contribution in [0.3, 0.4) is 0 Å². The first kappa shape index (κ1) is 11.7. The molecule has 0 radical (unpaired) electrons. The highest BCUT2D eigenvalue weighted by Crippen LogP contribution is 2.14. The van der Waals surface area contributed by atoms with Crippen LogP contribution in [-0.2, 0) is 0 Å². The van der Waals surface area contributed by atoms with Crippen molar-refractivity contribution in [1.82, 2.24) is 0 Å². The molecule has 0 nitrogen and oxygen atoms in total. The quantitative estimate of drug-likeness (QED) is 0.421. The van der Waals surface area contributed by atoms with E-state index in [9.17, 15) is 0 Å². The smallest absolute Gasteiger partial charge is 0.0392 e. The zero-order valence-electron chi connectivity index (χ0n) is 7.77. The van der Waals surface area contributed by atoms with E-state index in [1.807, 2.05) is 0 Å². The fourth-order valence-corrected chi connectivity index (χ4v) is 2.89. The molecule has 0 rings (SSSR count). The van der Waals surface area contributed by atoms with Crippen molar-refractivity contribution in [3.63, 3.8) is 0 Å². The minimum atomic E-state index is 1.30. The first-order valence-electron chi connectivity index (χ1n) is 4.57. The van der Waals surface area contributed by atoms with E-state index in [-0.39, 0.29) is 0 Å². The second-order valence-electron chi connectivity index (χ2n) is 2.64. The predicted octanol–water partition coefficient (Wildman–Crippen LogP) is 4.01. The summed E-state index contributed by atoms with van der Waals surface area (Å²) >= 11 is 4.17. The normalized spacial score (nSPS) is 10.4. The summed E-state index contributed by atoms with van der Waals surface area (Å²) in [6.45, 7) is 4.51. The van der Waals surface area contributed by atoms with Gasteiger partial charge in [0.15, 0.2) is 0 Å². The molecule has 68 valence electrons. The molecular formula is C9H20S2. The highest BCUT2D eigenvalue weighted by atomic mass is 32.2. The van der Waals surface area contributed by atoms with E-state index in [0.717, 1.165) is 0 Å². The van der Waals surface area contributed by atoms with Crippen LogP contribution in [0, 0.1) is 0 Å². The van der Waals surface area contributed by atoms with Gasteiger partial charge in [0, 0.05) is 5.08 Å². The largest absolute Gasteiger partial charge is 0.151 e. The Morgan fingerprint density at radius 3 is 2.18 bits per heavy atom. The molecule has 0 aliphatic heterocycles. The summed E-state index contributed by atoms with van der Waals surface area (Å²) in [4.78, 5) is 0. The SMILES string of the molecule is CCCCCSCSCCC. The first-order valence-corrected chi connectivity index (χ1v) is 6.88. The van der Waals surface area contributed by atoms with Gasteiger partial charge in [-0.05, 0) is 24.3 Å². The van der Waals surface area contributed by atoms with Crippen LogP contribution in [0.2, 0.25) is 0 Å². The van der Waals surface area contributed by atoms with Gasteiger partial charge in [0.25, 0.3) is 0 Å². The van der Waals surface area contributed by atoms with Gasteiger partial charge in [-0.2, -0.15) is 23.5 Å². The number of hydrogen-bond donors (Lipinski definition) is 0. The Balaban J connectivity index is 2.69. The lowest BCUT2D eigenvalue weighted by Gasteiger charge is -1.99. The molecule has 0 N–H and O–H groups in total. The summed E-state index contributed by atoms with van der Waals surface area (Å²) in [5.41, 5.74) is 0. The molecular weight excluding hydrogens is 172 g/mol. The molecule has 0 fully saturated rings. The third kappa shape index (κ3) is 10.7. The highest BCUT2D eigenvalue weighted by Gasteiger charge is 1.88. The van der Waals surface area contributed by atoms with Crippen LogP contribution >= 0.6 is 23.5 Å². The van der Waals surface area contributed by atoms with Crippen LogP contribution in [0.1, 0.15) is 39.5 Å². The van der Waals surface area contributed by atoms with E-state index in [4.69, 9.17) is 0 Å². The van der Waals surface area contributed by atoms with Gasteiger partial charge in [0.2, 0.25) is 0 Å². The molecule has 0 aromatic rings. The standard InChI is InChI=1S/C9H20S2/c1-3-5-6-8-11-9-10-7-4-2/h3-9H2,1-2H3. The van der Waals surface area contributed by atoms with E-state index >= 15 is 0 Å². The van der Waals surface area contributed by atoms with Crippen molar-refractivity contribution >= 4 is 23.5 Å². The lowest BCUT2D eigenvalue weighted by atomic mass is 10.3. The van der Waals surface area contributed by atoms with Crippen molar-refractivity contribution in [2.75, 3.05) is 16.6 Å². The second kappa shape index (κ2) is 10.7. The average molecular weight is 192 g/mol. The van der Waals surface area contributed by atoms with Crippen LogP contribution in [0.25, 0.3) is 0 Å². The monoisotopic (exact) mass is 192 g/mol. The molecule has 0 saturated carbocycles. The Bertz CT molecular complexity index is 56.6. The maximum atomic E-state index is 2.26. The molecule has 11 heavy (non-hydrogen) atoms. The van der Waals surface area contributed by atoms with Gasteiger partial charge in [-0.25, -0.2) is 0 Å². The molecule has 0 atom stereocenters. The van der Waals surface area contributed by atoms with Gasteiger partial charge in [0.1, 0.15) is 0 Å². The fraction of sp³-hybridized carbons (Fsp3) is 1.00. The van der Waals surface area contributed by atoms with E-state index in [1.54, 1.807) is 0 Å². The van der Waals surface area contributed by atoms with Crippen molar-refractivity contribution in [2.24, 2.45) is 0 Å². The summed E-state index contributed by atoms with van der Waals surface area (Å²) in [5, 5.41) is 1.30. The predicted molar refractivity (Wildman–Crippen MR) is 59.6 cm³/mol. The van der Waals surface area contributed by atoms with Crippen molar-refractivity contribution in [2.45, 2.75) is 39.5 Å². The molecule has 0 heterocycles. The van der Waals surface area contributed by atoms with Crippen LogP contribution in [0.4, 0.5) is 0 Å². The van der Waals surface area contributed by atoms with Crippen LogP contribution in [-0.4, -0.2) is 16.6 Å². The zero-order chi connectivity index (χ0) is 8.36. The molecule has 0 bridgehead atoms. The van der Waals surface area contributed by atoms with Gasteiger partial charge in [0.05, 0.1) is 0 Å². The number of rotatable bonds is 8. The molecule has 0 amide bonds. The Morgan fingerprint density at radius 1 is 0.818 bits per heavy atom. The van der Waals surface area contributed by atoms with Gasteiger partial charge in [-0.3, -0.25) is 0 Å². The highest BCUT2D eigenvalue weighted by molar-refractivity contribution is 8.15. The molecule has 0 aromatic heterocycles. The topological polar surface area (TPSA) is 0 Å². The minimum absolute atomic E-state index is 1.30. The molecule has 2 heteroatoms. The molecule has 0 aliphatic carbocycles. The van der Waals surface area contributed by atoms with E-state index in [2.05, 4.69) is 37.4 Å². The molecule has 0 spiro atoms. The summed E-state index contributed by atoms with van der Waals surface area (Å²) in [7, 11) is 0. The number of thioether (sulfide) groups is 2. The van der Waals surface area contributed by atoms with Crippen molar-refractivity contribution in [1.29, 1.82) is 0 Å². The third-order valence-corrected chi connectivity index (χ3v) is 4.01.